The van der Waals surface area contributed by atoms with Gasteiger partial charge in [-0.05, 0) is 36.4 Å². The summed E-state index contributed by atoms with van der Waals surface area (Å²) in [7, 11) is 0. The Morgan fingerprint density at radius 3 is 2.88 bits per heavy atom. The summed E-state index contributed by atoms with van der Waals surface area (Å²) in [5.41, 5.74) is 0. The molecular formula is C17H19N5OS2. The molecule has 0 saturated carbocycles. The highest BCUT2D eigenvalue weighted by Gasteiger charge is 2.27. The van der Waals surface area contributed by atoms with E-state index in [1.54, 1.807) is 22.7 Å². The van der Waals surface area contributed by atoms with Gasteiger partial charge in [-0.1, -0.05) is 17.4 Å². The fourth-order valence-corrected chi connectivity index (χ4v) is 4.49. The zero-order chi connectivity index (χ0) is 17.1. The van der Waals surface area contributed by atoms with Gasteiger partial charge in [-0.25, -0.2) is 0 Å². The summed E-state index contributed by atoms with van der Waals surface area (Å²) >= 11 is 3.23. The Morgan fingerprint density at radius 1 is 1.24 bits per heavy atom. The minimum atomic E-state index is 0.00707. The summed E-state index contributed by atoms with van der Waals surface area (Å²) in [5, 5.41) is 15.4. The van der Waals surface area contributed by atoms with Crippen LogP contribution in [0.15, 0.2) is 42.0 Å². The second-order valence-electron chi connectivity index (χ2n) is 6.04. The quantitative estimate of drug-likeness (QED) is 0.747. The van der Waals surface area contributed by atoms with Gasteiger partial charge in [-0.2, -0.15) is 0 Å². The highest BCUT2D eigenvalue weighted by atomic mass is 32.1. The summed E-state index contributed by atoms with van der Waals surface area (Å²) in [5.74, 6) is 0.140. The fraction of sp³-hybridized carbons (Fsp3) is 0.353. The van der Waals surface area contributed by atoms with Gasteiger partial charge in [0.25, 0.3) is 0 Å². The predicted octanol–water partition coefficient (Wildman–Crippen LogP) is 2.92. The zero-order valence-electron chi connectivity index (χ0n) is 13.7. The number of carbonyl (C=O) groups excluding carboxylic acids is 1. The van der Waals surface area contributed by atoms with E-state index in [-0.39, 0.29) is 11.8 Å². The molecule has 0 radical (unpaired) electrons. The molecule has 130 valence electrons. The normalized spacial score (nSPS) is 17.6. The first-order valence-electron chi connectivity index (χ1n) is 8.31. The maximum atomic E-state index is 12.5. The number of piperidine rings is 1. The van der Waals surface area contributed by atoms with Gasteiger partial charge < -0.3 is 10.2 Å². The molecule has 8 heteroatoms. The number of nitrogens with zero attached hydrogens (tertiary/aromatic N) is 4. The monoisotopic (exact) mass is 373 g/mol. The Bertz CT molecular complexity index is 812. The number of anilines is 1. The summed E-state index contributed by atoms with van der Waals surface area (Å²) in [4.78, 5) is 15.9. The van der Waals surface area contributed by atoms with E-state index in [2.05, 4.69) is 20.4 Å². The lowest BCUT2D eigenvalue weighted by Gasteiger charge is -2.31. The minimum absolute atomic E-state index is 0.00707. The Balaban J connectivity index is 1.38. The third-order valence-electron chi connectivity index (χ3n) is 4.31. The molecule has 1 saturated heterocycles. The van der Waals surface area contributed by atoms with Crippen LogP contribution in [0.2, 0.25) is 0 Å². The van der Waals surface area contributed by atoms with Crippen LogP contribution in [-0.4, -0.2) is 33.8 Å². The van der Waals surface area contributed by atoms with E-state index < -0.39 is 0 Å². The van der Waals surface area contributed by atoms with E-state index in [4.69, 9.17) is 0 Å². The summed E-state index contributed by atoms with van der Waals surface area (Å²) in [6.45, 7) is 2.25. The smallest absolute Gasteiger partial charge is 0.225 e. The van der Waals surface area contributed by atoms with Crippen molar-refractivity contribution in [3.63, 3.8) is 0 Å². The summed E-state index contributed by atoms with van der Waals surface area (Å²) in [6.07, 6.45) is 5.84. The molecular weight excluding hydrogens is 354 g/mol. The fourth-order valence-electron chi connectivity index (χ4n) is 3.00. The second-order valence-corrected chi connectivity index (χ2v) is 8.01. The van der Waals surface area contributed by atoms with Crippen molar-refractivity contribution < 1.29 is 4.79 Å². The first kappa shape index (κ1) is 16.3. The van der Waals surface area contributed by atoms with Gasteiger partial charge in [0.1, 0.15) is 0 Å². The van der Waals surface area contributed by atoms with Gasteiger partial charge in [0.05, 0.1) is 12.5 Å². The minimum Gasteiger partial charge on any atom is -0.351 e. The number of aromatic nitrogens is 3. The van der Waals surface area contributed by atoms with Crippen molar-refractivity contribution in [1.29, 1.82) is 0 Å². The Labute approximate surface area is 154 Å². The van der Waals surface area contributed by atoms with Crippen molar-refractivity contribution in [1.82, 2.24) is 20.1 Å². The van der Waals surface area contributed by atoms with Crippen molar-refractivity contribution >= 4 is 33.7 Å². The molecule has 1 atom stereocenters. The highest BCUT2D eigenvalue weighted by Crippen LogP contribution is 2.28. The number of hydrogen-bond donors (Lipinski definition) is 1. The molecule has 6 nitrogen and oxygen atoms in total. The maximum Gasteiger partial charge on any atom is 0.225 e. The maximum absolute atomic E-state index is 12.5. The van der Waals surface area contributed by atoms with Crippen molar-refractivity contribution in [2.75, 3.05) is 18.0 Å². The lowest BCUT2D eigenvalue weighted by molar-refractivity contribution is -0.125. The van der Waals surface area contributed by atoms with Gasteiger partial charge in [-0.3, -0.25) is 9.36 Å². The molecule has 1 fully saturated rings. The van der Waals surface area contributed by atoms with Crippen molar-refractivity contribution in [3.8, 4) is 5.13 Å². The van der Waals surface area contributed by atoms with Gasteiger partial charge in [0, 0.05) is 30.4 Å². The number of rotatable bonds is 5. The van der Waals surface area contributed by atoms with Gasteiger partial charge in [0.2, 0.25) is 16.2 Å². The molecule has 25 heavy (non-hydrogen) atoms. The van der Waals surface area contributed by atoms with E-state index >= 15 is 0 Å². The second kappa shape index (κ2) is 7.37. The van der Waals surface area contributed by atoms with Crippen LogP contribution in [0.4, 0.5) is 5.13 Å². The van der Waals surface area contributed by atoms with Crippen LogP contribution in [0.1, 0.15) is 17.7 Å². The number of thiophene rings is 1. The Morgan fingerprint density at radius 2 is 2.08 bits per heavy atom. The molecule has 1 amide bonds. The standard InChI is InChI=1S/C17H19N5OS2/c23-15(18-11-14-6-4-10-24-14)13-5-3-9-22(12-13)17-20-19-16(25-17)21-7-1-2-8-21/h1-2,4,6-8,10,13H,3,5,9,11-12H2,(H,18,23). The van der Waals surface area contributed by atoms with Crippen LogP contribution in [0.3, 0.4) is 0 Å². The molecule has 0 bridgehead atoms. The van der Waals surface area contributed by atoms with Crippen molar-refractivity contribution in [2.45, 2.75) is 19.4 Å². The molecule has 1 N–H and O–H groups in total. The Kier molecular flexibility index (Phi) is 4.80. The molecule has 3 aromatic heterocycles. The Hall–Kier alpha value is -2.19. The van der Waals surface area contributed by atoms with Crippen LogP contribution in [0.5, 0.6) is 0 Å². The van der Waals surface area contributed by atoms with Crippen molar-refractivity contribution in [3.05, 3.63) is 46.9 Å². The van der Waals surface area contributed by atoms with Crippen LogP contribution < -0.4 is 10.2 Å². The third kappa shape index (κ3) is 3.74. The molecule has 3 aromatic rings. The molecule has 0 spiro atoms. The van der Waals surface area contributed by atoms with Gasteiger partial charge in [-0.15, -0.1) is 21.5 Å². The first-order chi connectivity index (χ1) is 12.3. The van der Waals surface area contributed by atoms with Crippen LogP contribution >= 0.6 is 22.7 Å². The lowest BCUT2D eigenvalue weighted by atomic mass is 9.97. The topological polar surface area (TPSA) is 63.1 Å². The molecule has 1 aliphatic rings. The average molecular weight is 374 g/mol. The molecule has 4 heterocycles. The van der Waals surface area contributed by atoms with Crippen molar-refractivity contribution in [2.24, 2.45) is 5.92 Å². The first-order valence-corrected chi connectivity index (χ1v) is 10.0. The van der Waals surface area contributed by atoms with Crippen LogP contribution in [-0.2, 0) is 11.3 Å². The average Bonchev–Trinajstić information content (AvgIpc) is 3.41. The largest absolute Gasteiger partial charge is 0.351 e. The molecule has 0 aromatic carbocycles. The van der Waals surface area contributed by atoms with E-state index in [1.807, 2.05) is 46.6 Å². The van der Waals surface area contributed by atoms with Crippen LogP contribution in [0, 0.1) is 5.92 Å². The lowest BCUT2D eigenvalue weighted by Crippen LogP contribution is -2.42. The number of nitrogens with one attached hydrogen (secondary N) is 1. The molecule has 1 aliphatic heterocycles. The van der Waals surface area contributed by atoms with E-state index in [1.165, 1.54) is 4.88 Å². The highest BCUT2D eigenvalue weighted by molar-refractivity contribution is 7.17. The predicted molar refractivity (Wildman–Crippen MR) is 100 cm³/mol. The zero-order valence-corrected chi connectivity index (χ0v) is 15.3. The molecule has 4 rings (SSSR count). The van der Waals surface area contributed by atoms with Gasteiger partial charge in [0.15, 0.2) is 0 Å². The number of hydrogen-bond acceptors (Lipinski definition) is 6. The van der Waals surface area contributed by atoms with E-state index in [0.717, 1.165) is 29.6 Å². The summed E-state index contributed by atoms with van der Waals surface area (Å²) < 4.78 is 1.95. The van der Waals surface area contributed by atoms with E-state index in [9.17, 15) is 4.79 Å². The van der Waals surface area contributed by atoms with Crippen LogP contribution in [0.25, 0.3) is 5.13 Å². The molecule has 1 unspecified atom stereocenters. The van der Waals surface area contributed by atoms with E-state index in [0.29, 0.717) is 13.1 Å². The number of amides is 1. The van der Waals surface area contributed by atoms with Gasteiger partial charge >= 0.3 is 0 Å². The number of carbonyl (C=O) groups is 1. The SMILES string of the molecule is O=C(NCc1cccs1)C1CCCN(c2nnc(-n3cccc3)s2)C1. The third-order valence-corrected chi connectivity index (χ3v) is 6.18. The summed E-state index contributed by atoms with van der Waals surface area (Å²) in [6, 6.07) is 7.99. The molecule has 0 aliphatic carbocycles.